The third-order valence-electron chi connectivity index (χ3n) is 4.41. The first-order chi connectivity index (χ1) is 14.3. The molecule has 0 spiro atoms. The van der Waals surface area contributed by atoms with Gasteiger partial charge in [-0.05, 0) is 37.3 Å². The average molecular weight is 430 g/mol. The third-order valence-corrected chi connectivity index (χ3v) is 5.00. The highest BCUT2D eigenvalue weighted by molar-refractivity contribution is 7.07. The lowest BCUT2D eigenvalue weighted by atomic mass is 10.1. The fourth-order valence-electron chi connectivity index (χ4n) is 3.08. The smallest absolute Gasteiger partial charge is 0.320 e. The van der Waals surface area contributed by atoms with Crippen LogP contribution in [-0.2, 0) is 6.18 Å². The normalized spacial score (nSPS) is 11.6. The van der Waals surface area contributed by atoms with Crippen molar-refractivity contribution >= 4 is 33.8 Å². The van der Waals surface area contributed by atoms with Crippen molar-refractivity contribution in [2.24, 2.45) is 0 Å². The van der Waals surface area contributed by atoms with Gasteiger partial charge in [0.2, 0.25) is 0 Å². The fourth-order valence-corrected chi connectivity index (χ4v) is 3.61. The van der Waals surface area contributed by atoms with E-state index in [-0.39, 0.29) is 28.3 Å². The molecular formula is C20H13F3N4O2S. The zero-order valence-corrected chi connectivity index (χ0v) is 16.2. The summed E-state index contributed by atoms with van der Waals surface area (Å²) in [5.41, 5.74) is 0.768. The van der Waals surface area contributed by atoms with Crippen LogP contribution >= 0.6 is 11.3 Å². The van der Waals surface area contributed by atoms with Gasteiger partial charge in [-0.3, -0.25) is 14.2 Å². The van der Waals surface area contributed by atoms with Crippen molar-refractivity contribution in [2.45, 2.75) is 13.1 Å². The number of anilines is 1. The Kier molecular flexibility index (Phi) is 4.86. The summed E-state index contributed by atoms with van der Waals surface area (Å²) in [6.45, 7) is 1.53. The van der Waals surface area contributed by atoms with E-state index >= 15 is 0 Å². The average Bonchev–Trinajstić information content (AvgIpc) is 3.22. The Balaban J connectivity index is 1.89. The molecule has 0 radical (unpaired) electrons. The van der Waals surface area contributed by atoms with Crippen LogP contribution in [0.4, 0.5) is 18.9 Å². The molecule has 0 unspecified atom stereocenters. The van der Waals surface area contributed by atoms with Crippen molar-refractivity contribution in [3.8, 4) is 5.69 Å². The molecule has 2 aromatic carbocycles. The quantitative estimate of drug-likeness (QED) is 0.522. The molecule has 4 rings (SSSR count). The Labute approximate surface area is 171 Å². The number of alkyl halides is 3. The lowest BCUT2D eigenvalue weighted by Crippen LogP contribution is -2.24. The van der Waals surface area contributed by atoms with Gasteiger partial charge in [-0.2, -0.15) is 13.2 Å². The van der Waals surface area contributed by atoms with E-state index in [0.29, 0.717) is 5.52 Å². The maximum Gasteiger partial charge on any atom is 0.416 e. The number of benzene rings is 2. The van der Waals surface area contributed by atoms with Gasteiger partial charge in [-0.25, -0.2) is 9.97 Å². The number of hydrogen-bond acceptors (Lipinski definition) is 5. The van der Waals surface area contributed by atoms with E-state index in [1.54, 1.807) is 17.5 Å². The summed E-state index contributed by atoms with van der Waals surface area (Å²) < 4.78 is 40.5. The molecule has 4 aromatic rings. The van der Waals surface area contributed by atoms with Crippen LogP contribution in [0.15, 0.2) is 58.1 Å². The van der Waals surface area contributed by atoms with Crippen LogP contribution in [0.25, 0.3) is 16.6 Å². The predicted octanol–water partition coefficient (Wildman–Crippen LogP) is 4.42. The number of fused-ring (bicyclic) bond motifs is 1. The van der Waals surface area contributed by atoms with Gasteiger partial charge in [-0.15, -0.1) is 11.3 Å². The van der Waals surface area contributed by atoms with E-state index in [4.69, 9.17) is 0 Å². The van der Waals surface area contributed by atoms with Gasteiger partial charge in [-0.1, -0.05) is 12.1 Å². The van der Waals surface area contributed by atoms with Gasteiger partial charge in [0.25, 0.3) is 11.5 Å². The summed E-state index contributed by atoms with van der Waals surface area (Å²) in [6.07, 6.45) is -4.55. The van der Waals surface area contributed by atoms with Crippen LogP contribution in [0.5, 0.6) is 0 Å². The second-order valence-corrected chi connectivity index (χ2v) is 7.09. The van der Waals surface area contributed by atoms with Crippen molar-refractivity contribution < 1.29 is 18.0 Å². The van der Waals surface area contributed by atoms with Gasteiger partial charge in [0.15, 0.2) is 0 Å². The Morgan fingerprint density at radius 2 is 1.93 bits per heavy atom. The van der Waals surface area contributed by atoms with E-state index in [1.807, 2.05) is 0 Å². The molecule has 30 heavy (non-hydrogen) atoms. The summed E-state index contributed by atoms with van der Waals surface area (Å²) in [5, 5.41) is 4.28. The number of thiazole rings is 1. The molecule has 0 saturated carbocycles. The highest BCUT2D eigenvalue weighted by atomic mass is 32.1. The molecule has 0 aliphatic carbocycles. The van der Waals surface area contributed by atoms with Crippen molar-refractivity contribution in [3.05, 3.63) is 80.8 Å². The van der Waals surface area contributed by atoms with Crippen LogP contribution in [0, 0.1) is 6.92 Å². The third kappa shape index (κ3) is 3.57. The minimum Gasteiger partial charge on any atom is -0.320 e. The monoisotopic (exact) mass is 430 g/mol. The largest absolute Gasteiger partial charge is 0.416 e. The summed E-state index contributed by atoms with van der Waals surface area (Å²) in [7, 11) is 0. The number of nitrogens with zero attached hydrogens (tertiary/aromatic N) is 3. The second kappa shape index (κ2) is 7.38. The predicted molar refractivity (Wildman–Crippen MR) is 107 cm³/mol. The molecule has 0 aliphatic rings. The maximum atomic E-state index is 13.3. The number of carbonyl (C=O) groups excluding carboxylic acids is 1. The number of amides is 1. The van der Waals surface area contributed by atoms with Crippen LogP contribution in [0.1, 0.15) is 21.9 Å². The molecule has 0 saturated heterocycles. The lowest BCUT2D eigenvalue weighted by molar-refractivity contribution is -0.137. The Hall–Kier alpha value is -3.53. The Morgan fingerprint density at radius 3 is 2.63 bits per heavy atom. The van der Waals surface area contributed by atoms with E-state index in [0.717, 1.165) is 16.7 Å². The molecular weight excluding hydrogens is 417 g/mol. The molecule has 0 bridgehead atoms. The number of hydrogen-bond donors (Lipinski definition) is 1. The number of nitrogens with one attached hydrogen (secondary N) is 1. The molecule has 10 heteroatoms. The molecule has 0 atom stereocenters. The van der Waals surface area contributed by atoms with Crippen molar-refractivity contribution in [1.82, 2.24) is 14.5 Å². The molecule has 6 nitrogen and oxygen atoms in total. The van der Waals surface area contributed by atoms with Gasteiger partial charge in [0.1, 0.15) is 11.5 Å². The zero-order chi connectivity index (χ0) is 21.5. The first-order valence-electron chi connectivity index (χ1n) is 8.65. The fraction of sp³-hybridized carbons (Fsp3) is 0.100. The van der Waals surface area contributed by atoms with Gasteiger partial charge < -0.3 is 5.32 Å². The molecule has 2 heterocycles. The minimum atomic E-state index is -4.55. The second-order valence-electron chi connectivity index (χ2n) is 6.38. The van der Waals surface area contributed by atoms with Crippen molar-refractivity contribution in [3.63, 3.8) is 0 Å². The lowest BCUT2D eigenvalue weighted by Gasteiger charge is -2.15. The van der Waals surface area contributed by atoms with Gasteiger partial charge in [0.05, 0.1) is 33.4 Å². The number of aryl methyl sites for hydroxylation is 1. The molecule has 0 fully saturated rings. The standard InChI is InChI=1S/C20H13F3N4O2S/c1-11-25-14-6-3-7-15(26-18(28)16-9-30-10-24-16)17(14)19(29)27(11)13-5-2-4-12(8-13)20(21,22)23/h2-10H,1H3,(H,26,28). The molecule has 1 N–H and O–H groups in total. The number of rotatable bonds is 3. The highest BCUT2D eigenvalue weighted by Crippen LogP contribution is 2.30. The Bertz CT molecular complexity index is 1310. The van der Waals surface area contributed by atoms with Crippen molar-refractivity contribution in [2.75, 3.05) is 5.32 Å². The topological polar surface area (TPSA) is 76.9 Å². The van der Waals surface area contributed by atoms with Gasteiger partial charge in [0, 0.05) is 5.38 Å². The van der Waals surface area contributed by atoms with Crippen LogP contribution in [0.3, 0.4) is 0 Å². The molecule has 2 aromatic heterocycles. The van der Waals surface area contributed by atoms with Crippen LogP contribution < -0.4 is 10.9 Å². The van der Waals surface area contributed by atoms with E-state index in [9.17, 15) is 22.8 Å². The first-order valence-corrected chi connectivity index (χ1v) is 9.59. The maximum absolute atomic E-state index is 13.3. The number of aromatic nitrogens is 3. The zero-order valence-electron chi connectivity index (χ0n) is 15.4. The highest BCUT2D eigenvalue weighted by Gasteiger charge is 2.30. The van der Waals surface area contributed by atoms with Crippen LogP contribution in [-0.4, -0.2) is 20.4 Å². The van der Waals surface area contributed by atoms with E-state index < -0.39 is 23.2 Å². The summed E-state index contributed by atoms with van der Waals surface area (Å²) in [4.78, 5) is 33.9. The summed E-state index contributed by atoms with van der Waals surface area (Å²) in [5.74, 6) is -0.288. The molecule has 152 valence electrons. The minimum absolute atomic E-state index is 0.0300. The van der Waals surface area contributed by atoms with Crippen molar-refractivity contribution in [1.29, 1.82) is 0 Å². The number of carbonyl (C=O) groups is 1. The van der Waals surface area contributed by atoms with E-state index in [1.165, 1.54) is 42.0 Å². The van der Waals surface area contributed by atoms with Gasteiger partial charge >= 0.3 is 6.18 Å². The SMILES string of the molecule is Cc1nc2cccc(NC(=O)c3cscn3)c2c(=O)n1-c1cccc(C(F)(F)F)c1. The first kappa shape index (κ1) is 19.8. The summed E-state index contributed by atoms with van der Waals surface area (Å²) >= 11 is 1.25. The van der Waals surface area contributed by atoms with Crippen LogP contribution in [0.2, 0.25) is 0 Å². The van der Waals surface area contributed by atoms with E-state index in [2.05, 4.69) is 15.3 Å². The Morgan fingerprint density at radius 1 is 1.17 bits per heavy atom. The molecule has 1 amide bonds. The number of halogens is 3. The summed E-state index contributed by atoms with van der Waals surface area (Å²) in [6, 6.07) is 9.19. The molecule has 0 aliphatic heterocycles.